The summed E-state index contributed by atoms with van der Waals surface area (Å²) in [5, 5.41) is 0. The Labute approximate surface area is 314 Å². The van der Waals surface area contributed by atoms with Crippen molar-refractivity contribution in [1.82, 2.24) is 4.90 Å². The van der Waals surface area contributed by atoms with Crippen molar-refractivity contribution < 1.29 is 0 Å². The number of unbranched alkanes of at least 4 members (excludes halogenated alkanes) is 29. The van der Waals surface area contributed by atoms with Crippen LogP contribution in [0.15, 0.2) is 0 Å². The first kappa shape index (κ1) is 49.0. The van der Waals surface area contributed by atoms with Gasteiger partial charge in [0.2, 0.25) is 0 Å². The molecule has 0 aliphatic carbocycles. The van der Waals surface area contributed by atoms with E-state index in [1.165, 1.54) is 264 Å². The highest BCUT2D eigenvalue weighted by molar-refractivity contribution is 4.72. The third-order valence-electron chi connectivity index (χ3n) is 11.9. The molecule has 49 heavy (non-hydrogen) atoms. The highest BCUT2D eigenvalue weighted by Crippen LogP contribution is 2.26. The lowest BCUT2D eigenvalue weighted by Crippen LogP contribution is -2.36. The van der Waals surface area contributed by atoms with Gasteiger partial charge in [-0.2, -0.15) is 0 Å². The summed E-state index contributed by atoms with van der Waals surface area (Å²) in [6, 6.07) is 0.825. The van der Waals surface area contributed by atoms with E-state index in [0.717, 1.165) is 12.0 Å². The van der Waals surface area contributed by atoms with E-state index in [0.29, 0.717) is 0 Å². The van der Waals surface area contributed by atoms with Crippen LogP contribution in [0.4, 0.5) is 0 Å². The molecule has 0 saturated carbocycles. The summed E-state index contributed by atoms with van der Waals surface area (Å²) < 4.78 is 0. The van der Waals surface area contributed by atoms with E-state index in [9.17, 15) is 0 Å². The van der Waals surface area contributed by atoms with Crippen LogP contribution in [0.2, 0.25) is 0 Å². The summed E-state index contributed by atoms with van der Waals surface area (Å²) in [5.74, 6) is 0.998. The van der Waals surface area contributed by atoms with Gasteiger partial charge in [0.15, 0.2) is 0 Å². The normalized spacial score (nSPS) is 13.1. The van der Waals surface area contributed by atoms with Crippen molar-refractivity contribution in [2.45, 2.75) is 291 Å². The predicted molar refractivity (Wildman–Crippen MR) is 227 cm³/mol. The summed E-state index contributed by atoms with van der Waals surface area (Å²) >= 11 is 0. The smallest absolute Gasteiger partial charge is 0.00926 e. The minimum Gasteiger partial charge on any atom is -0.300 e. The highest BCUT2D eigenvalue weighted by atomic mass is 15.1. The van der Waals surface area contributed by atoms with Crippen molar-refractivity contribution in [3.05, 3.63) is 0 Å². The average molecular weight is 690 g/mol. The Hall–Kier alpha value is -0.0400. The summed E-state index contributed by atoms with van der Waals surface area (Å²) in [6.45, 7) is 14.5. The predicted octanol–water partition coefficient (Wildman–Crippen LogP) is 17.6. The van der Waals surface area contributed by atoms with Crippen LogP contribution in [-0.2, 0) is 0 Å². The fraction of sp³-hybridized carbons (Fsp3) is 1.00. The average Bonchev–Trinajstić information content (AvgIpc) is 3.11. The van der Waals surface area contributed by atoms with Crippen molar-refractivity contribution in [2.75, 3.05) is 13.1 Å². The molecule has 1 nitrogen and oxygen atoms in total. The maximum absolute atomic E-state index is 2.88. The van der Waals surface area contributed by atoms with Gasteiger partial charge in [-0.15, -0.1) is 0 Å². The Kier molecular flexibility index (Phi) is 42.3. The second kappa shape index (κ2) is 42.4. The largest absolute Gasteiger partial charge is 0.300 e. The highest BCUT2D eigenvalue weighted by Gasteiger charge is 2.17. The van der Waals surface area contributed by atoms with Gasteiger partial charge in [0.25, 0.3) is 0 Å². The van der Waals surface area contributed by atoms with E-state index in [1.807, 2.05) is 0 Å². The standard InChI is InChI=1S/C48H99N/c1-6-11-15-17-19-21-22-23-24-25-26-27-28-29-30-31-33-35-37-39-42-47(41-38-36-34-32-20-18-16-12-7-2)43-40-44-48(10-5)49(45-13-8-3)46-14-9-4/h47-48H,6-46H2,1-5H3. The molecule has 2 unspecified atom stereocenters. The molecule has 0 radical (unpaired) electrons. The first-order valence-electron chi connectivity index (χ1n) is 24.0. The number of nitrogens with zero attached hydrogens (tertiary/aromatic N) is 1. The Morgan fingerprint density at radius 3 is 0.816 bits per heavy atom. The lowest BCUT2D eigenvalue weighted by molar-refractivity contribution is 0.170. The molecule has 0 spiro atoms. The van der Waals surface area contributed by atoms with Gasteiger partial charge in [0, 0.05) is 6.04 Å². The molecule has 0 amide bonds. The third kappa shape index (κ3) is 36.1. The van der Waals surface area contributed by atoms with Gasteiger partial charge in [0.1, 0.15) is 0 Å². The van der Waals surface area contributed by atoms with Crippen LogP contribution in [-0.4, -0.2) is 24.0 Å². The molecule has 0 N–H and O–H groups in total. The summed E-state index contributed by atoms with van der Waals surface area (Å²) in [6.07, 6.45) is 57.0. The van der Waals surface area contributed by atoms with Crippen molar-refractivity contribution in [1.29, 1.82) is 0 Å². The molecular formula is C48H99N. The Morgan fingerprint density at radius 1 is 0.265 bits per heavy atom. The van der Waals surface area contributed by atoms with E-state index in [4.69, 9.17) is 0 Å². The topological polar surface area (TPSA) is 3.24 Å². The van der Waals surface area contributed by atoms with Gasteiger partial charge >= 0.3 is 0 Å². The van der Waals surface area contributed by atoms with E-state index < -0.39 is 0 Å². The monoisotopic (exact) mass is 690 g/mol. The minimum absolute atomic E-state index is 0.825. The molecule has 0 rings (SSSR count). The van der Waals surface area contributed by atoms with E-state index in [-0.39, 0.29) is 0 Å². The van der Waals surface area contributed by atoms with Gasteiger partial charge in [-0.25, -0.2) is 0 Å². The number of hydrogen-bond donors (Lipinski definition) is 0. The minimum atomic E-state index is 0.825. The second-order valence-corrected chi connectivity index (χ2v) is 16.7. The maximum Gasteiger partial charge on any atom is 0.00926 e. The molecule has 0 aliphatic rings. The Balaban J connectivity index is 4.13. The molecule has 0 aliphatic heterocycles. The van der Waals surface area contributed by atoms with Gasteiger partial charge < -0.3 is 4.90 Å². The van der Waals surface area contributed by atoms with Gasteiger partial charge in [-0.05, 0) is 44.7 Å². The molecule has 1 heteroatoms. The SMILES string of the molecule is CCCCCCCCCCCCCCCCCCCCCCC(CCCCCCCCCCC)CCCC(CC)N(CCCC)CCCC. The van der Waals surface area contributed by atoms with Gasteiger partial charge in [-0.1, -0.05) is 259 Å². The third-order valence-corrected chi connectivity index (χ3v) is 11.9. The van der Waals surface area contributed by atoms with Crippen molar-refractivity contribution >= 4 is 0 Å². The van der Waals surface area contributed by atoms with Gasteiger partial charge in [0.05, 0.1) is 0 Å². The van der Waals surface area contributed by atoms with Crippen LogP contribution in [0.25, 0.3) is 0 Å². The lowest BCUT2D eigenvalue weighted by Gasteiger charge is -2.31. The van der Waals surface area contributed by atoms with E-state index in [2.05, 4.69) is 39.5 Å². The fourth-order valence-electron chi connectivity index (χ4n) is 8.35. The zero-order chi connectivity index (χ0) is 35.7. The zero-order valence-electron chi connectivity index (χ0n) is 35.6. The second-order valence-electron chi connectivity index (χ2n) is 16.7. The molecule has 296 valence electrons. The summed E-state index contributed by atoms with van der Waals surface area (Å²) in [7, 11) is 0. The van der Waals surface area contributed by atoms with Crippen LogP contribution in [0.3, 0.4) is 0 Å². The molecule has 0 bridgehead atoms. The molecule has 0 aromatic heterocycles. The quantitative estimate of drug-likeness (QED) is 0.0576. The van der Waals surface area contributed by atoms with Crippen molar-refractivity contribution in [3.63, 3.8) is 0 Å². The molecule has 0 heterocycles. The Morgan fingerprint density at radius 2 is 0.531 bits per heavy atom. The Bertz CT molecular complexity index is 563. The van der Waals surface area contributed by atoms with Gasteiger partial charge in [-0.3, -0.25) is 0 Å². The number of rotatable bonds is 43. The zero-order valence-corrected chi connectivity index (χ0v) is 35.6. The molecular weight excluding hydrogens is 591 g/mol. The summed E-state index contributed by atoms with van der Waals surface area (Å²) in [5.41, 5.74) is 0. The van der Waals surface area contributed by atoms with Crippen LogP contribution in [0.5, 0.6) is 0 Å². The first-order chi connectivity index (χ1) is 24.2. The molecule has 0 aromatic rings. The maximum atomic E-state index is 2.88. The molecule has 0 fully saturated rings. The van der Waals surface area contributed by atoms with Crippen LogP contribution < -0.4 is 0 Å². The molecule has 0 saturated heterocycles. The van der Waals surface area contributed by atoms with E-state index >= 15 is 0 Å². The van der Waals surface area contributed by atoms with Crippen molar-refractivity contribution in [3.8, 4) is 0 Å². The summed E-state index contributed by atoms with van der Waals surface area (Å²) in [4.78, 5) is 2.88. The van der Waals surface area contributed by atoms with E-state index in [1.54, 1.807) is 0 Å². The first-order valence-corrected chi connectivity index (χ1v) is 24.0. The van der Waals surface area contributed by atoms with Crippen molar-refractivity contribution in [2.24, 2.45) is 5.92 Å². The molecule has 0 aromatic carbocycles. The van der Waals surface area contributed by atoms with Crippen LogP contribution in [0, 0.1) is 5.92 Å². The lowest BCUT2D eigenvalue weighted by atomic mass is 9.88. The van der Waals surface area contributed by atoms with Crippen LogP contribution in [0.1, 0.15) is 285 Å². The number of hydrogen-bond acceptors (Lipinski definition) is 1. The molecule has 2 atom stereocenters. The van der Waals surface area contributed by atoms with Crippen LogP contribution >= 0.6 is 0 Å². The fourth-order valence-corrected chi connectivity index (χ4v) is 8.35.